The molecule has 0 bridgehead atoms. The molecule has 1 N–H and O–H groups in total. The number of carbonyl (C=O) groups excluding carboxylic acids is 2. The number of aliphatic hydroxyl groups is 1. The van der Waals surface area contributed by atoms with Gasteiger partial charge in [-0.2, -0.15) is 8.78 Å². The Morgan fingerprint density at radius 2 is 1.78 bits per heavy atom. The summed E-state index contributed by atoms with van der Waals surface area (Å²) in [6.07, 6.45) is -7.37. The highest BCUT2D eigenvalue weighted by molar-refractivity contribution is 9.10. The first-order valence-corrected chi connectivity index (χ1v) is 11.0. The molecule has 0 saturated heterocycles. The van der Waals surface area contributed by atoms with Gasteiger partial charge in [-0.25, -0.2) is 9.48 Å². The van der Waals surface area contributed by atoms with Crippen LogP contribution >= 0.6 is 15.9 Å². The Hall–Kier alpha value is -3.39. The lowest BCUT2D eigenvalue weighted by atomic mass is 10.00. The Morgan fingerprint density at radius 3 is 2.39 bits per heavy atom. The van der Waals surface area contributed by atoms with Crippen molar-refractivity contribution in [2.45, 2.75) is 31.7 Å². The average molecular weight is 578 g/mol. The molecule has 0 saturated carbocycles. The van der Waals surface area contributed by atoms with E-state index in [2.05, 4.69) is 35.7 Å². The van der Waals surface area contributed by atoms with Crippen molar-refractivity contribution in [1.29, 1.82) is 0 Å². The van der Waals surface area contributed by atoms with Gasteiger partial charge in [0.25, 0.3) is 0 Å². The van der Waals surface area contributed by atoms with Gasteiger partial charge in [-0.3, -0.25) is 4.79 Å². The van der Waals surface area contributed by atoms with Gasteiger partial charge in [-0.05, 0) is 49.4 Å². The Labute approximate surface area is 208 Å². The molecule has 0 radical (unpaired) electrons. The van der Waals surface area contributed by atoms with Crippen LogP contribution in [0.5, 0.6) is 5.75 Å². The number of ether oxygens (including phenoxy) is 2. The Balaban J connectivity index is 1.94. The van der Waals surface area contributed by atoms with Gasteiger partial charge in [0, 0.05) is 22.0 Å². The minimum atomic E-state index is -4.87. The second-order valence-electron chi connectivity index (χ2n) is 7.25. The molecule has 1 heterocycles. The number of carbonyl (C=O) groups is 2. The second-order valence-corrected chi connectivity index (χ2v) is 8.17. The molecule has 1 aromatic heterocycles. The summed E-state index contributed by atoms with van der Waals surface area (Å²) in [5.41, 5.74) is 0.532. The molecule has 0 amide bonds. The molecule has 3 rings (SSSR count). The predicted octanol–water partition coefficient (Wildman–Crippen LogP) is 4.73. The fourth-order valence-electron chi connectivity index (χ4n) is 3.13. The summed E-state index contributed by atoms with van der Waals surface area (Å²) in [5, 5.41) is 17.6. The minimum Gasteiger partial charge on any atom is -0.461 e. The van der Waals surface area contributed by atoms with Crippen LogP contribution in [0, 0.1) is 0 Å². The first-order chi connectivity index (χ1) is 16.8. The molecule has 1 unspecified atom stereocenters. The van der Waals surface area contributed by atoms with E-state index < -0.39 is 42.3 Å². The number of hydrogen-bond donors (Lipinski definition) is 1. The number of aromatic nitrogens is 3. The number of rotatable bonds is 9. The molecule has 0 aliphatic heterocycles. The third-order valence-corrected chi connectivity index (χ3v) is 5.26. The van der Waals surface area contributed by atoms with E-state index >= 15 is 0 Å². The van der Waals surface area contributed by atoms with Crippen LogP contribution in [-0.2, 0) is 9.53 Å². The third kappa shape index (κ3) is 6.23. The first-order valence-electron chi connectivity index (χ1n) is 10.2. The number of alkyl halides is 5. The van der Waals surface area contributed by atoms with Crippen LogP contribution in [0.4, 0.5) is 22.0 Å². The molecular weight excluding hydrogens is 561 g/mol. The van der Waals surface area contributed by atoms with Gasteiger partial charge in [0.15, 0.2) is 5.78 Å². The lowest BCUT2D eigenvalue weighted by Crippen LogP contribution is -2.43. The molecular formula is C22H17BrF5N3O5. The van der Waals surface area contributed by atoms with Gasteiger partial charge in [0.05, 0.1) is 24.2 Å². The van der Waals surface area contributed by atoms with Crippen LogP contribution in [0.3, 0.4) is 0 Å². The maximum Gasteiger partial charge on any atom is 0.573 e. The van der Waals surface area contributed by atoms with E-state index in [1.165, 1.54) is 48.1 Å². The summed E-state index contributed by atoms with van der Waals surface area (Å²) in [7, 11) is 0. The number of halogens is 6. The molecule has 0 aliphatic rings. The van der Waals surface area contributed by atoms with E-state index in [1.807, 2.05) is 0 Å². The highest BCUT2D eigenvalue weighted by Crippen LogP contribution is 2.31. The molecule has 2 aromatic carbocycles. The Morgan fingerprint density at radius 1 is 1.11 bits per heavy atom. The lowest BCUT2D eigenvalue weighted by molar-refractivity contribution is -0.274. The quantitative estimate of drug-likeness (QED) is 0.223. The molecule has 0 aliphatic carbocycles. The minimum absolute atomic E-state index is 0.0733. The van der Waals surface area contributed by atoms with Gasteiger partial charge in [-0.15, -0.1) is 18.3 Å². The van der Waals surface area contributed by atoms with Crippen molar-refractivity contribution in [3.05, 3.63) is 58.7 Å². The number of Topliss-reactive ketones (excluding diaryl/α,β-unsaturated/α-hetero) is 1. The zero-order valence-electron chi connectivity index (χ0n) is 18.3. The van der Waals surface area contributed by atoms with Crippen molar-refractivity contribution in [2.24, 2.45) is 0 Å². The number of nitrogens with zero attached hydrogens (tertiary/aromatic N) is 3. The van der Waals surface area contributed by atoms with Crippen molar-refractivity contribution >= 4 is 27.7 Å². The van der Waals surface area contributed by atoms with Crippen molar-refractivity contribution in [3.8, 4) is 22.7 Å². The summed E-state index contributed by atoms with van der Waals surface area (Å²) in [4.78, 5) is 24.4. The van der Waals surface area contributed by atoms with Crippen LogP contribution in [0.2, 0.25) is 0 Å². The molecule has 3 aromatic rings. The normalized spacial score (nSPS) is 12.8. The Kier molecular flexibility index (Phi) is 8.09. The molecule has 0 spiro atoms. The van der Waals surface area contributed by atoms with Crippen LogP contribution in [0.1, 0.15) is 23.7 Å². The number of hydrogen-bond acceptors (Lipinski definition) is 7. The fourth-order valence-corrected chi connectivity index (χ4v) is 3.48. The van der Waals surface area contributed by atoms with E-state index in [0.29, 0.717) is 10.0 Å². The maximum atomic E-state index is 14.1. The smallest absolute Gasteiger partial charge is 0.461 e. The number of benzene rings is 2. The largest absolute Gasteiger partial charge is 0.573 e. The van der Waals surface area contributed by atoms with E-state index in [4.69, 9.17) is 0 Å². The summed E-state index contributed by atoms with van der Waals surface area (Å²) in [5.74, 6) is -7.68. The summed E-state index contributed by atoms with van der Waals surface area (Å²) < 4.78 is 75.3. The molecule has 1 atom stereocenters. The third-order valence-electron chi connectivity index (χ3n) is 4.77. The number of aliphatic hydroxyl groups excluding tert-OH is 1. The van der Waals surface area contributed by atoms with E-state index in [-0.39, 0.29) is 23.6 Å². The first kappa shape index (κ1) is 27.2. The average Bonchev–Trinajstić information content (AvgIpc) is 3.28. The van der Waals surface area contributed by atoms with Crippen molar-refractivity contribution in [1.82, 2.24) is 15.0 Å². The second kappa shape index (κ2) is 10.7. The summed E-state index contributed by atoms with van der Waals surface area (Å²) in [6.45, 7) is 0.969. The van der Waals surface area contributed by atoms with Crippen molar-refractivity contribution in [2.75, 3.05) is 6.61 Å². The zero-order valence-corrected chi connectivity index (χ0v) is 19.9. The van der Waals surface area contributed by atoms with Crippen LogP contribution in [0.25, 0.3) is 16.9 Å². The van der Waals surface area contributed by atoms with Crippen molar-refractivity contribution in [3.63, 3.8) is 0 Å². The topological polar surface area (TPSA) is 104 Å². The highest BCUT2D eigenvalue weighted by atomic mass is 79.9. The summed E-state index contributed by atoms with van der Waals surface area (Å²) >= 11 is 3.24. The van der Waals surface area contributed by atoms with Crippen LogP contribution in [0.15, 0.2) is 53.1 Å². The monoisotopic (exact) mass is 577 g/mol. The van der Waals surface area contributed by atoms with Gasteiger partial charge < -0.3 is 14.6 Å². The molecule has 0 fully saturated rings. The molecule has 14 heteroatoms. The van der Waals surface area contributed by atoms with E-state index in [0.717, 1.165) is 12.1 Å². The SMILES string of the molecule is CCOC(=O)C(F)(F)C(O)CC(=O)c1ccc(Br)cc1-n1nncc1-c1ccc(OC(F)(F)F)cc1. The Bertz CT molecular complexity index is 1250. The fraction of sp³-hybridized carbons (Fsp3) is 0.273. The summed E-state index contributed by atoms with van der Waals surface area (Å²) in [6, 6.07) is 8.93. The van der Waals surface area contributed by atoms with Gasteiger partial charge in [-0.1, -0.05) is 21.1 Å². The van der Waals surface area contributed by atoms with Gasteiger partial charge in [0.1, 0.15) is 11.9 Å². The van der Waals surface area contributed by atoms with Crippen LogP contribution < -0.4 is 4.74 Å². The van der Waals surface area contributed by atoms with Crippen molar-refractivity contribution < 1.29 is 46.1 Å². The van der Waals surface area contributed by atoms with Gasteiger partial charge >= 0.3 is 18.3 Å². The molecule has 36 heavy (non-hydrogen) atoms. The maximum absolute atomic E-state index is 14.1. The number of ketones is 1. The molecule has 192 valence electrons. The van der Waals surface area contributed by atoms with Gasteiger partial charge in [0.2, 0.25) is 0 Å². The van der Waals surface area contributed by atoms with E-state index in [9.17, 15) is 36.6 Å². The predicted molar refractivity (Wildman–Crippen MR) is 118 cm³/mol. The van der Waals surface area contributed by atoms with Crippen LogP contribution in [-0.4, -0.2) is 56.8 Å². The standard InChI is InChI=1S/C22H17BrF5N3O5/c1-2-35-20(34)21(24,25)19(33)10-18(32)15-8-5-13(23)9-16(15)31-17(11-29-30-31)12-3-6-14(7-4-12)36-22(26,27)28/h3-9,11,19,33H,2,10H2,1H3. The molecule has 8 nitrogen and oxygen atoms in total. The number of esters is 1. The highest BCUT2D eigenvalue weighted by Gasteiger charge is 2.49. The van der Waals surface area contributed by atoms with E-state index in [1.54, 1.807) is 0 Å². The zero-order chi connectivity index (χ0) is 26.7. The lowest BCUT2D eigenvalue weighted by Gasteiger charge is -2.20.